The van der Waals surface area contributed by atoms with Crippen molar-refractivity contribution in [2.24, 2.45) is 11.7 Å². The molecular formula is C20H22F2N4O3S. The van der Waals surface area contributed by atoms with Gasteiger partial charge in [0.05, 0.1) is 12.1 Å². The number of halogens is 2. The first-order chi connectivity index (χ1) is 14.3. The summed E-state index contributed by atoms with van der Waals surface area (Å²) < 4.78 is 34.7. The Morgan fingerprint density at radius 3 is 2.97 bits per heavy atom. The molecule has 2 aromatic rings. The van der Waals surface area contributed by atoms with Crippen molar-refractivity contribution in [2.75, 3.05) is 17.3 Å². The minimum absolute atomic E-state index is 0.220. The van der Waals surface area contributed by atoms with Crippen molar-refractivity contribution in [2.45, 2.75) is 38.8 Å². The van der Waals surface area contributed by atoms with Crippen molar-refractivity contribution in [3.63, 3.8) is 0 Å². The van der Waals surface area contributed by atoms with Gasteiger partial charge in [0.2, 0.25) is 5.91 Å². The minimum atomic E-state index is -2.64. The van der Waals surface area contributed by atoms with Gasteiger partial charge in [-0.15, -0.1) is 0 Å². The number of rotatable bonds is 5. The van der Waals surface area contributed by atoms with Crippen LogP contribution in [0.3, 0.4) is 0 Å². The van der Waals surface area contributed by atoms with Gasteiger partial charge in [-0.25, -0.2) is 13.8 Å². The van der Waals surface area contributed by atoms with Crippen molar-refractivity contribution in [3.05, 3.63) is 30.0 Å². The molecule has 0 aliphatic carbocycles. The van der Waals surface area contributed by atoms with E-state index < -0.39 is 17.7 Å². The molecule has 1 aromatic heterocycles. The number of anilines is 1. The summed E-state index contributed by atoms with van der Waals surface area (Å²) in [5, 5.41) is -0.410. The third kappa shape index (κ3) is 3.88. The van der Waals surface area contributed by atoms with E-state index in [1.54, 1.807) is 13.1 Å². The zero-order valence-electron chi connectivity index (χ0n) is 16.4. The molecule has 2 aliphatic rings. The third-order valence-electron chi connectivity index (χ3n) is 5.37. The molecule has 1 saturated heterocycles. The molecule has 30 heavy (non-hydrogen) atoms. The van der Waals surface area contributed by atoms with Crippen LogP contribution in [0.5, 0.6) is 5.75 Å². The number of ether oxygens (including phenoxy) is 1. The summed E-state index contributed by atoms with van der Waals surface area (Å²) in [6.07, 6.45) is -0.295. The van der Waals surface area contributed by atoms with Gasteiger partial charge in [-0.05, 0) is 30.5 Å². The van der Waals surface area contributed by atoms with Crippen molar-refractivity contribution >= 4 is 28.7 Å². The Balaban J connectivity index is 1.69. The number of nitrogens with two attached hydrogens (primary N) is 1. The molecule has 0 saturated carbocycles. The molecule has 2 aliphatic heterocycles. The number of imidazole rings is 1. The first-order valence-electron chi connectivity index (χ1n) is 9.72. The first-order valence-corrected chi connectivity index (χ1v) is 10.7. The molecule has 0 bridgehead atoms. The number of carbonyl (C=O) groups excluding carboxylic acids is 2. The number of primary amides is 1. The lowest BCUT2D eigenvalue weighted by Crippen LogP contribution is -2.46. The predicted octanol–water partition coefficient (Wildman–Crippen LogP) is 3.30. The lowest BCUT2D eigenvalue weighted by molar-refractivity contribution is -0.121. The van der Waals surface area contributed by atoms with Crippen molar-refractivity contribution < 1.29 is 23.1 Å². The topological polar surface area (TPSA) is 90.4 Å². The standard InChI is InChI=1S/C20H22F2N4O3S/c1-11(18(23)27)8-12-2-3-13-15(9-12)29-6-5-25-10-16(24-19(13)25)26-14(17(21)22)4-7-30-20(26)28/h2-3,9-11,14,17H,4-8H2,1H3,(H2,23,27)/t11-,14+/m1/s1. The number of fused-ring (bicyclic) bond motifs is 3. The highest BCUT2D eigenvalue weighted by Gasteiger charge is 2.38. The van der Waals surface area contributed by atoms with E-state index in [2.05, 4.69) is 4.98 Å². The fourth-order valence-corrected chi connectivity index (χ4v) is 4.61. The zero-order chi connectivity index (χ0) is 21.4. The summed E-state index contributed by atoms with van der Waals surface area (Å²) in [5.41, 5.74) is 6.97. The molecule has 0 radical (unpaired) electrons. The van der Waals surface area contributed by atoms with Crippen LogP contribution in [0.1, 0.15) is 18.9 Å². The second-order valence-electron chi connectivity index (χ2n) is 7.48. The molecule has 160 valence electrons. The average Bonchev–Trinajstić information content (AvgIpc) is 3.03. The van der Waals surface area contributed by atoms with Gasteiger partial charge in [0.25, 0.3) is 11.7 Å². The summed E-state index contributed by atoms with van der Waals surface area (Å²) in [7, 11) is 0. The Bertz CT molecular complexity index is 981. The molecule has 10 heteroatoms. The van der Waals surface area contributed by atoms with E-state index in [-0.39, 0.29) is 24.1 Å². The van der Waals surface area contributed by atoms with E-state index in [9.17, 15) is 18.4 Å². The van der Waals surface area contributed by atoms with E-state index in [1.165, 1.54) is 0 Å². The van der Waals surface area contributed by atoms with Gasteiger partial charge in [-0.2, -0.15) is 0 Å². The average molecular weight is 436 g/mol. The highest BCUT2D eigenvalue weighted by Crippen LogP contribution is 2.37. The van der Waals surface area contributed by atoms with Crippen LogP contribution in [0.25, 0.3) is 11.4 Å². The minimum Gasteiger partial charge on any atom is -0.491 e. The number of alkyl halides is 2. The fraction of sp³-hybridized carbons (Fsp3) is 0.450. The maximum Gasteiger partial charge on any atom is 0.287 e. The van der Waals surface area contributed by atoms with Gasteiger partial charge in [0.1, 0.15) is 24.2 Å². The quantitative estimate of drug-likeness (QED) is 0.777. The maximum atomic E-state index is 13.5. The summed E-state index contributed by atoms with van der Waals surface area (Å²) in [5.74, 6) is 1.08. The first kappa shape index (κ1) is 20.6. The van der Waals surface area contributed by atoms with Gasteiger partial charge in [-0.3, -0.25) is 14.5 Å². The Morgan fingerprint density at radius 1 is 1.43 bits per heavy atom. The van der Waals surface area contributed by atoms with Gasteiger partial charge in [0.15, 0.2) is 5.82 Å². The summed E-state index contributed by atoms with van der Waals surface area (Å²) in [6, 6.07) is 4.38. The summed E-state index contributed by atoms with van der Waals surface area (Å²) in [4.78, 5) is 29.4. The van der Waals surface area contributed by atoms with E-state index in [0.717, 1.165) is 22.2 Å². The summed E-state index contributed by atoms with van der Waals surface area (Å²) >= 11 is 1.03. The highest BCUT2D eigenvalue weighted by atomic mass is 32.2. The van der Waals surface area contributed by atoms with E-state index in [1.807, 2.05) is 22.8 Å². The number of hydrogen-bond donors (Lipinski definition) is 1. The molecule has 0 unspecified atom stereocenters. The maximum absolute atomic E-state index is 13.5. The van der Waals surface area contributed by atoms with Crippen molar-refractivity contribution in [1.29, 1.82) is 0 Å². The summed E-state index contributed by atoms with van der Waals surface area (Å²) in [6.45, 7) is 2.60. The number of hydrogen-bond acceptors (Lipinski definition) is 5. The van der Waals surface area contributed by atoms with Crippen LogP contribution in [-0.4, -0.2) is 45.5 Å². The lowest BCUT2D eigenvalue weighted by Gasteiger charge is -2.32. The van der Waals surface area contributed by atoms with E-state index in [0.29, 0.717) is 42.5 Å². The number of aromatic nitrogens is 2. The number of carbonyl (C=O) groups is 2. The number of thioether (sulfide) groups is 1. The molecular weight excluding hydrogens is 414 g/mol. The number of amides is 2. The molecule has 7 nitrogen and oxygen atoms in total. The van der Waals surface area contributed by atoms with Gasteiger partial charge in [-0.1, -0.05) is 24.8 Å². The molecule has 2 N–H and O–H groups in total. The van der Waals surface area contributed by atoms with Gasteiger partial charge >= 0.3 is 0 Å². The highest BCUT2D eigenvalue weighted by molar-refractivity contribution is 8.14. The van der Waals surface area contributed by atoms with Crippen LogP contribution in [-0.2, 0) is 17.8 Å². The van der Waals surface area contributed by atoms with Crippen LogP contribution in [0, 0.1) is 5.92 Å². The van der Waals surface area contributed by atoms with Crippen LogP contribution in [0.2, 0.25) is 0 Å². The van der Waals surface area contributed by atoms with Crippen molar-refractivity contribution in [1.82, 2.24) is 9.55 Å². The van der Waals surface area contributed by atoms with Crippen LogP contribution < -0.4 is 15.4 Å². The normalized spacial score (nSPS) is 19.7. The Hall–Kier alpha value is -2.62. The molecule has 4 rings (SSSR count). The Morgan fingerprint density at radius 2 is 2.23 bits per heavy atom. The van der Waals surface area contributed by atoms with E-state index in [4.69, 9.17) is 10.5 Å². The molecule has 1 aromatic carbocycles. The predicted molar refractivity (Wildman–Crippen MR) is 110 cm³/mol. The van der Waals surface area contributed by atoms with Crippen LogP contribution in [0.4, 0.5) is 19.4 Å². The SMILES string of the molecule is C[C@H](Cc1ccc2c(c1)OCCn1cc(N3C(=O)SCC[C@H]3C(F)F)nc1-2)C(N)=O. The second-order valence-corrected chi connectivity index (χ2v) is 8.52. The van der Waals surface area contributed by atoms with Gasteiger partial charge in [0, 0.05) is 17.9 Å². The monoisotopic (exact) mass is 436 g/mol. The Labute approximate surface area is 176 Å². The van der Waals surface area contributed by atoms with Gasteiger partial charge < -0.3 is 15.0 Å². The molecule has 0 spiro atoms. The zero-order valence-corrected chi connectivity index (χ0v) is 17.2. The van der Waals surface area contributed by atoms with Crippen LogP contribution >= 0.6 is 11.8 Å². The van der Waals surface area contributed by atoms with Crippen molar-refractivity contribution in [3.8, 4) is 17.1 Å². The molecule has 3 heterocycles. The molecule has 2 amide bonds. The largest absolute Gasteiger partial charge is 0.491 e. The third-order valence-corrected chi connectivity index (χ3v) is 6.26. The second kappa shape index (κ2) is 8.25. The molecule has 2 atom stereocenters. The fourth-order valence-electron chi connectivity index (χ4n) is 3.71. The Kier molecular flexibility index (Phi) is 5.68. The number of nitrogens with zero attached hydrogens (tertiary/aromatic N) is 3. The number of benzene rings is 1. The smallest absolute Gasteiger partial charge is 0.287 e. The van der Waals surface area contributed by atoms with Crippen LogP contribution in [0.15, 0.2) is 24.4 Å². The van der Waals surface area contributed by atoms with E-state index >= 15 is 0 Å². The molecule has 1 fully saturated rings. The lowest BCUT2D eigenvalue weighted by atomic mass is 9.99.